The Morgan fingerprint density at radius 1 is 1.41 bits per heavy atom. The Balaban J connectivity index is 2.27. The Kier molecular flexibility index (Phi) is 4.82. The number of morpholine rings is 1. The van der Waals surface area contributed by atoms with Crippen LogP contribution in [-0.2, 0) is 19.4 Å². The van der Waals surface area contributed by atoms with Crippen LogP contribution < -0.4 is 0 Å². The van der Waals surface area contributed by atoms with Gasteiger partial charge in [-0.05, 0) is 18.2 Å². The van der Waals surface area contributed by atoms with Gasteiger partial charge in [0.05, 0.1) is 30.6 Å². The van der Waals surface area contributed by atoms with E-state index in [1.165, 1.54) is 29.2 Å². The molecule has 1 N–H and O–H groups in total. The van der Waals surface area contributed by atoms with Gasteiger partial charge in [-0.15, -0.1) is 0 Å². The summed E-state index contributed by atoms with van der Waals surface area (Å²) in [5, 5.41) is 8.91. The van der Waals surface area contributed by atoms with Crippen LogP contribution in [0.1, 0.15) is 16.8 Å². The predicted octanol–water partition coefficient (Wildman–Crippen LogP) is 0.406. The Bertz CT molecular complexity index is 684. The number of hydrogen-bond donors (Lipinski definition) is 1. The van der Waals surface area contributed by atoms with Crippen LogP contribution in [0.25, 0.3) is 0 Å². The first-order valence-electron chi connectivity index (χ1n) is 6.69. The molecule has 2 rings (SSSR count). The standard InChI is InChI=1S/C14H17NO6S/c1-22(19,20)12-4-2-3-10(7-12)14(18)15-5-6-21-9-11(15)8-13(16)17/h2-4,7,11H,5-6,8-9H2,1H3,(H,16,17). The van der Waals surface area contributed by atoms with Gasteiger partial charge in [0.2, 0.25) is 0 Å². The van der Waals surface area contributed by atoms with Crippen molar-refractivity contribution in [3.05, 3.63) is 29.8 Å². The molecule has 22 heavy (non-hydrogen) atoms. The lowest BCUT2D eigenvalue weighted by Gasteiger charge is -2.34. The number of carboxylic acids is 1. The molecular weight excluding hydrogens is 310 g/mol. The second-order valence-corrected chi connectivity index (χ2v) is 7.14. The van der Waals surface area contributed by atoms with Gasteiger partial charge in [0, 0.05) is 18.4 Å². The number of nitrogens with zero attached hydrogens (tertiary/aromatic N) is 1. The van der Waals surface area contributed by atoms with Crippen LogP contribution in [0, 0.1) is 0 Å². The summed E-state index contributed by atoms with van der Waals surface area (Å²) in [7, 11) is -3.41. The van der Waals surface area contributed by atoms with Gasteiger partial charge in [0.1, 0.15) is 0 Å². The van der Waals surface area contributed by atoms with E-state index in [1.54, 1.807) is 0 Å². The normalized spacial score (nSPS) is 19.0. The van der Waals surface area contributed by atoms with E-state index in [9.17, 15) is 18.0 Å². The summed E-state index contributed by atoms with van der Waals surface area (Å²) in [6.45, 7) is 0.761. The van der Waals surface area contributed by atoms with E-state index in [1.807, 2.05) is 0 Å². The smallest absolute Gasteiger partial charge is 0.305 e. The molecule has 0 aromatic heterocycles. The first-order chi connectivity index (χ1) is 10.3. The minimum atomic E-state index is -3.41. The Hall–Kier alpha value is -1.93. The molecule has 1 saturated heterocycles. The van der Waals surface area contributed by atoms with Crippen LogP contribution in [0.3, 0.4) is 0 Å². The van der Waals surface area contributed by atoms with Crippen molar-refractivity contribution in [2.45, 2.75) is 17.4 Å². The van der Waals surface area contributed by atoms with Gasteiger partial charge in [-0.1, -0.05) is 6.07 Å². The molecule has 0 bridgehead atoms. The minimum Gasteiger partial charge on any atom is -0.481 e. The SMILES string of the molecule is CS(=O)(=O)c1cccc(C(=O)N2CCOCC2CC(=O)O)c1. The van der Waals surface area contributed by atoms with Gasteiger partial charge in [0.25, 0.3) is 5.91 Å². The average Bonchev–Trinajstić information content (AvgIpc) is 2.46. The van der Waals surface area contributed by atoms with Crippen molar-refractivity contribution in [2.24, 2.45) is 0 Å². The summed E-state index contributed by atoms with van der Waals surface area (Å²) in [5.41, 5.74) is 0.222. The van der Waals surface area contributed by atoms with E-state index in [-0.39, 0.29) is 35.9 Å². The van der Waals surface area contributed by atoms with E-state index in [2.05, 4.69) is 0 Å². The number of hydrogen-bond acceptors (Lipinski definition) is 5. The molecule has 1 aromatic rings. The number of carbonyl (C=O) groups is 2. The van der Waals surface area contributed by atoms with Crippen molar-refractivity contribution in [3.8, 4) is 0 Å². The molecule has 0 spiro atoms. The van der Waals surface area contributed by atoms with Crippen molar-refractivity contribution in [2.75, 3.05) is 26.0 Å². The van der Waals surface area contributed by atoms with Crippen LogP contribution in [0.15, 0.2) is 29.2 Å². The highest BCUT2D eigenvalue weighted by molar-refractivity contribution is 7.90. The largest absolute Gasteiger partial charge is 0.481 e. The summed E-state index contributed by atoms with van der Waals surface area (Å²) in [4.78, 5) is 24.9. The van der Waals surface area contributed by atoms with E-state index < -0.39 is 21.8 Å². The minimum absolute atomic E-state index is 0.0568. The molecule has 0 aliphatic carbocycles. The van der Waals surface area contributed by atoms with Gasteiger partial charge in [-0.25, -0.2) is 8.42 Å². The molecule has 1 amide bonds. The number of ether oxygens (including phenoxy) is 1. The third-order valence-electron chi connectivity index (χ3n) is 3.41. The fraction of sp³-hybridized carbons (Fsp3) is 0.429. The fourth-order valence-corrected chi connectivity index (χ4v) is 2.99. The van der Waals surface area contributed by atoms with Crippen LogP contribution in [0.5, 0.6) is 0 Å². The van der Waals surface area contributed by atoms with Crippen LogP contribution in [0.2, 0.25) is 0 Å². The van der Waals surface area contributed by atoms with Crippen LogP contribution in [0.4, 0.5) is 0 Å². The molecule has 1 atom stereocenters. The second-order valence-electron chi connectivity index (χ2n) is 5.13. The average molecular weight is 327 g/mol. The number of aliphatic carboxylic acids is 1. The third kappa shape index (κ3) is 3.83. The number of carbonyl (C=O) groups excluding carboxylic acids is 1. The van der Waals surface area contributed by atoms with Crippen LogP contribution >= 0.6 is 0 Å². The Labute approximate surface area is 128 Å². The first kappa shape index (κ1) is 16.4. The zero-order valence-electron chi connectivity index (χ0n) is 12.1. The van der Waals surface area contributed by atoms with Crippen molar-refractivity contribution in [1.82, 2.24) is 4.90 Å². The summed E-state index contributed by atoms with van der Waals surface area (Å²) in [6, 6.07) is 5.19. The maximum atomic E-state index is 12.6. The van der Waals surface area contributed by atoms with E-state index in [4.69, 9.17) is 9.84 Å². The predicted molar refractivity (Wildman–Crippen MR) is 77.4 cm³/mol. The van der Waals surface area contributed by atoms with E-state index in [0.717, 1.165) is 6.26 Å². The number of benzene rings is 1. The van der Waals surface area contributed by atoms with Crippen LogP contribution in [-0.4, -0.2) is 62.4 Å². The highest BCUT2D eigenvalue weighted by Gasteiger charge is 2.30. The highest BCUT2D eigenvalue weighted by atomic mass is 32.2. The quantitative estimate of drug-likeness (QED) is 0.859. The molecule has 0 radical (unpaired) electrons. The zero-order chi connectivity index (χ0) is 16.3. The fourth-order valence-electron chi connectivity index (χ4n) is 2.32. The summed E-state index contributed by atoms with van der Waals surface area (Å²) >= 11 is 0. The zero-order valence-corrected chi connectivity index (χ0v) is 12.9. The number of rotatable bonds is 4. The van der Waals surface area contributed by atoms with E-state index in [0.29, 0.717) is 6.61 Å². The lowest BCUT2D eigenvalue weighted by Crippen LogP contribution is -2.49. The lowest BCUT2D eigenvalue weighted by molar-refractivity contribution is -0.139. The van der Waals surface area contributed by atoms with Gasteiger partial charge < -0.3 is 14.7 Å². The number of amides is 1. The Morgan fingerprint density at radius 2 is 2.14 bits per heavy atom. The Morgan fingerprint density at radius 3 is 2.77 bits per heavy atom. The molecule has 1 aromatic carbocycles. The maximum Gasteiger partial charge on any atom is 0.305 e. The van der Waals surface area contributed by atoms with Crippen molar-refractivity contribution in [1.29, 1.82) is 0 Å². The first-order valence-corrected chi connectivity index (χ1v) is 8.59. The highest BCUT2D eigenvalue weighted by Crippen LogP contribution is 2.18. The third-order valence-corrected chi connectivity index (χ3v) is 4.52. The second kappa shape index (κ2) is 6.45. The number of carboxylic acid groups (broad SMARTS) is 1. The molecule has 8 heteroatoms. The summed E-state index contributed by atoms with van der Waals surface area (Å²) in [6.07, 6.45) is 0.857. The lowest BCUT2D eigenvalue weighted by atomic mass is 10.1. The molecule has 1 aliphatic rings. The number of sulfone groups is 1. The topological polar surface area (TPSA) is 101 Å². The monoisotopic (exact) mass is 327 g/mol. The van der Waals surface area contributed by atoms with E-state index >= 15 is 0 Å². The van der Waals surface area contributed by atoms with Crippen molar-refractivity contribution >= 4 is 21.7 Å². The molecule has 7 nitrogen and oxygen atoms in total. The van der Waals surface area contributed by atoms with Gasteiger partial charge in [0.15, 0.2) is 9.84 Å². The summed E-state index contributed by atoms with van der Waals surface area (Å²) in [5.74, 6) is -1.40. The van der Waals surface area contributed by atoms with Gasteiger partial charge in [-0.2, -0.15) is 0 Å². The van der Waals surface area contributed by atoms with Gasteiger partial charge in [-0.3, -0.25) is 9.59 Å². The molecule has 1 heterocycles. The molecule has 1 aliphatic heterocycles. The molecule has 0 saturated carbocycles. The van der Waals surface area contributed by atoms with Crippen molar-refractivity contribution < 1.29 is 27.9 Å². The summed E-state index contributed by atoms with van der Waals surface area (Å²) < 4.78 is 28.4. The molecule has 1 fully saturated rings. The molecule has 120 valence electrons. The molecule has 1 unspecified atom stereocenters. The maximum absolute atomic E-state index is 12.6. The van der Waals surface area contributed by atoms with Gasteiger partial charge >= 0.3 is 5.97 Å². The molecular formula is C14H17NO6S. The van der Waals surface area contributed by atoms with Crippen molar-refractivity contribution in [3.63, 3.8) is 0 Å².